The van der Waals surface area contributed by atoms with E-state index in [2.05, 4.69) is 6.92 Å². The summed E-state index contributed by atoms with van der Waals surface area (Å²) in [5.41, 5.74) is 3.27. The highest BCUT2D eigenvalue weighted by Gasteiger charge is 2.58. The minimum Gasteiger partial charge on any atom is -0.459 e. The molecule has 2 N–H and O–H groups in total. The van der Waals surface area contributed by atoms with Crippen LogP contribution in [0.4, 0.5) is 0 Å². The van der Waals surface area contributed by atoms with E-state index in [0.717, 1.165) is 56.1 Å². The van der Waals surface area contributed by atoms with Gasteiger partial charge in [-0.05, 0) is 80.1 Å². The third-order valence-electron chi connectivity index (χ3n) is 8.97. The molecule has 0 bridgehead atoms. The number of carbonyl (C=O) groups excluding carboxylic acids is 2. The Hall–Kier alpha value is -2.20. The van der Waals surface area contributed by atoms with Gasteiger partial charge in [-0.25, -0.2) is 0 Å². The number of amides is 2. The highest BCUT2D eigenvalue weighted by molar-refractivity contribution is 6.43. The molecular formula is C29H40BNO7. The standard InChI is InChI=1S/C29H40BNO7/c1-3-18(13-21-10-11-22(16-32)37-21)9-12-25-26-19(17-36-2)14-23-27(24(26)15-30(35)38-25)29(34)31(28(23)33)20-7-5-4-6-8-20/h10-11,13,20,23-25,27,32,35H,3-9,12,14-17H2,1-2H3/b18-13+/t23-,24+,25-,27-/m1/s1. The van der Waals surface area contributed by atoms with E-state index >= 15 is 0 Å². The van der Waals surface area contributed by atoms with Gasteiger partial charge in [0, 0.05) is 13.2 Å². The van der Waals surface area contributed by atoms with Gasteiger partial charge in [-0.3, -0.25) is 14.5 Å². The molecule has 3 fully saturated rings. The molecule has 0 unspecified atom stereocenters. The van der Waals surface area contributed by atoms with E-state index in [1.807, 2.05) is 12.1 Å². The van der Waals surface area contributed by atoms with Crippen molar-refractivity contribution in [2.45, 2.75) is 89.8 Å². The summed E-state index contributed by atoms with van der Waals surface area (Å²) < 4.78 is 17.3. The molecule has 2 aliphatic carbocycles. The number of allylic oxidation sites excluding steroid dienone is 1. The van der Waals surface area contributed by atoms with E-state index in [9.17, 15) is 19.7 Å². The van der Waals surface area contributed by atoms with Crippen LogP contribution in [0.15, 0.2) is 33.3 Å². The number of imide groups is 1. The number of rotatable bonds is 9. The number of likely N-dealkylation sites (tertiary alicyclic amines) is 1. The van der Waals surface area contributed by atoms with Gasteiger partial charge in [0.15, 0.2) is 0 Å². The van der Waals surface area contributed by atoms with Crippen molar-refractivity contribution < 1.29 is 33.5 Å². The minimum atomic E-state index is -0.978. The second kappa shape index (κ2) is 11.9. The summed E-state index contributed by atoms with van der Waals surface area (Å²) in [5.74, 6) is 0.120. The van der Waals surface area contributed by atoms with Crippen molar-refractivity contribution in [3.63, 3.8) is 0 Å². The van der Waals surface area contributed by atoms with Crippen molar-refractivity contribution >= 4 is 25.0 Å². The van der Waals surface area contributed by atoms with Crippen LogP contribution >= 0.6 is 0 Å². The topological polar surface area (TPSA) is 109 Å². The molecule has 4 aliphatic rings. The van der Waals surface area contributed by atoms with Gasteiger partial charge < -0.3 is 23.9 Å². The molecule has 2 saturated heterocycles. The lowest BCUT2D eigenvalue weighted by Gasteiger charge is -2.43. The number of aliphatic hydroxyl groups is 1. The Labute approximate surface area is 225 Å². The average molecular weight is 525 g/mol. The van der Waals surface area contributed by atoms with Crippen LogP contribution in [-0.2, 0) is 25.6 Å². The Kier molecular flexibility index (Phi) is 8.58. The number of furan rings is 1. The van der Waals surface area contributed by atoms with Crippen molar-refractivity contribution in [3.8, 4) is 0 Å². The van der Waals surface area contributed by atoms with Crippen LogP contribution in [0.3, 0.4) is 0 Å². The van der Waals surface area contributed by atoms with Crippen LogP contribution in [0.2, 0.25) is 6.32 Å². The Bertz CT molecular complexity index is 1090. The fourth-order valence-corrected chi connectivity index (χ4v) is 7.22. The van der Waals surface area contributed by atoms with Crippen LogP contribution in [0.5, 0.6) is 0 Å². The van der Waals surface area contributed by atoms with Crippen LogP contribution < -0.4 is 0 Å². The molecule has 0 spiro atoms. The SMILES string of the molecule is CC/C(=C\c1ccc(CO)o1)CC[C@H]1OB(O)C[C@H]2C1=C(COC)C[C@H]1C(=O)N(C3CCCCC3)C(=O)[C@H]12. The van der Waals surface area contributed by atoms with Gasteiger partial charge in [0.1, 0.15) is 18.1 Å². The maximum Gasteiger partial charge on any atom is 0.455 e. The summed E-state index contributed by atoms with van der Waals surface area (Å²) in [7, 11) is 0.675. The van der Waals surface area contributed by atoms with Crippen molar-refractivity contribution in [3.05, 3.63) is 40.4 Å². The number of carbonyl (C=O) groups is 2. The molecule has 5 rings (SSSR count). The molecule has 8 nitrogen and oxygen atoms in total. The van der Waals surface area contributed by atoms with E-state index < -0.39 is 13.0 Å². The van der Waals surface area contributed by atoms with Gasteiger partial charge in [0.2, 0.25) is 11.8 Å². The van der Waals surface area contributed by atoms with E-state index in [1.165, 1.54) is 5.57 Å². The smallest absolute Gasteiger partial charge is 0.455 e. The molecule has 1 saturated carbocycles. The largest absolute Gasteiger partial charge is 0.459 e. The number of nitrogens with zero attached hydrogens (tertiary/aromatic N) is 1. The monoisotopic (exact) mass is 525 g/mol. The second-order valence-electron chi connectivity index (χ2n) is 11.2. The highest BCUT2D eigenvalue weighted by atomic mass is 16.5. The van der Waals surface area contributed by atoms with Gasteiger partial charge in [-0.15, -0.1) is 0 Å². The molecule has 1 aromatic rings. The normalized spacial score (nSPS) is 28.8. The number of hydrogen-bond donors (Lipinski definition) is 2. The number of aliphatic hydroxyl groups excluding tert-OH is 1. The van der Waals surface area contributed by atoms with Gasteiger partial charge in [-0.1, -0.05) is 31.8 Å². The fraction of sp³-hybridized carbons (Fsp3) is 0.655. The van der Waals surface area contributed by atoms with Gasteiger partial charge in [0.25, 0.3) is 0 Å². The highest BCUT2D eigenvalue weighted by Crippen LogP contribution is 2.51. The molecule has 0 radical (unpaired) electrons. The number of methoxy groups -OCH3 is 1. The van der Waals surface area contributed by atoms with Crippen LogP contribution in [0.1, 0.15) is 76.2 Å². The first-order valence-corrected chi connectivity index (χ1v) is 14.2. The summed E-state index contributed by atoms with van der Waals surface area (Å²) >= 11 is 0. The van der Waals surface area contributed by atoms with Crippen molar-refractivity contribution in [1.29, 1.82) is 0 Å². The maximum absolute atomic E-state index is 13.8. The lowest BCUT2D eigenvalue weighted by Crippen LogP contribution is -2.47. The first-order valence-electron chi connectivity index (χ1n) is 14.2. The molecule has 206 valence electrons. The third kappa shape index (κ3) is 5.31. The van der Waals surface area contributed by atoms with E-state index in [1.54, 1.807) is 18.1 Å². The van der Waals surface area contributed by atoms with Crippen LogP contribution in [0.25, 0.3) is 6.08 Å². The van der Waals surface area contributed by atoms with Gasteiger partial charge >= 0.3 is 7.12 Å². The van der Waals surface area contributed by atoms with Crippen molar-refractivity contribution in [1.82, 2.24) is 4.90 Å². The Morgan fingerprint density at radius 2 is 1.97 bits per heavy atom. The lowest BCUT2D eigenvalue weighted by molar-refractivity contribution is -0.143. The lowest BCUT2D eigenvalue weighted by atomic mass is 9.58. The second-order valence-corrected chi connectivity index (χ2v) is 11.2. The predicted molar refractivity (Wildman–Crippen MR) is 143 cm³/mol. The molecule has 3 heterocycles. The first-order chi connectivity index (χ1) is 18.4. The molecule has 9 heteroatoms. The Balaban J connectivity index is 1.40. The number of ether oxygens (including phenoxy) is 1. The van der Waals surface area contributed by atoms with Gasteiger partial charge in [-0.2, -0.15) is 0 Å². The third-order valence-corrected chi connectivity index (χ3v) is 8.97. The van der Waals surface area contributed by atoms with Gasteiger partial charge in [0.05, 0.1) is 24.5 Å². The molecule has 38 heavy (non-hydrogen) atoms. The molecule has 2 amide bonds. The molecule has 1 aromatic heterocycles. The van der Waals surface area contributed by atoms with E-state index in [0.29, 0.717) is 37.3 Å². The molecule has 2 aliphatic heterocycles. The zero-order valence-corrected chi connectivity index (χ0v) is 22.6. The zero-order chi connectivity index (χ0) is 26.8. The Morgan fingerprint density at radius 3 is 2.66 bits per heavy atom. The maximum atomic E-state index is 13.8. The molecular weight excluding hydrogens is 485 g/mol. The average Bonchev–Trinajstić information content (AvgIpc) is 3.48. The Morgan fingerprint density at radius 1 is 1.18 bits per heavy atom. The molecule has 4 atom stereocenters. The van der Waals surface area contributed by atoms with Crippen molar-refractivity contribution in [2.75, 3.05) is 13.7 Å². The summed E-state index contributed by atoms with van der Waals surface area (Å²) in [5, 5.41) is 20.1. The first kappa shape index (κ1) is 27.4. The fourth-order valence-electron chi connectivity index (χ4n) is 7.22. The van der Waals surface area contributed by atoms with E-state index in [-0.39, 0.29) is 42.4 Å². The summed E-state index contributed by atoms with van der Waals surface area (Å²) in [6, 6.07) is 3.62. The van der Waals surface area contributed by atoms with Crippen LogP contribution in [0, 0.1) is 17.8 Å². The van der Waals surface area contributed by atoms with E-state index in [4.69, 9.17) is 13.8 Å². The number of fused-ring (bicyclic) bond motifs is 3. The van der Waals surface area contributed by atoms with Crippen molar-refractivity contribution in [2.24, 2.45) is 17.8 Å². The quantitative estimate of drug-likeness (QED) is 0.284. The van der Waals surface area contributed by atoms with Crippen LogP contribution in [-0.4, -0.2) is 59.8 Å². The molecule has 0 aromatic carbocycles. The summed E-state index contributed by atoms with van der Waals surface area (Å²) in [6.45, 7) is 2.34. The minimum absolute atomic E-state index is 0.00874. The summed E-state index contributed by atoms with van der Waals surface area (Å²) in [4.78, 5) is 29.0. The number of hydrogen-bond acceptors (Lipinski definition) is 7. The zero-order valence-electron chi connectivity index (χ0n) is 22.6. The summed E-state index contributed by atoms with van der Waals surface area (Å²) in [6.07, 6.45) is 9.75. The predicted octanol–water partition coefficient (Wildman–Crippen LogP) is 4.12.